The molecule has 2 atom stereocenters. The third-order valence-electron chi connectivity index (χ3n) is 4.82. The SMILES string of the molecule is CO[C@@H]1CC[C@@]2(CCC(=C(c3ccccc3)c3ccccc3)O2)O1. The summed E-state index contributed by atoms with van der Waals surface area (Å²) in [5.41, 5.74) is 3.52. The lowest BCUT2D eigenvalue weighted by Gasteiger charge is -2.24. The molecular weight excluding hydrogens is 300 g/mol. The van der Waals surface area contributed by atoms with E-state index in [1.165, 1.54) is 11.1 Å². The topological polar surface area (TPSA) is 27.7 Å². The van der Waals surface area contributed by atoms with Crippen LogP contribution in [0, 0.1) is 0 Å². The van der Waals surface area contributed by atoms with E-state index in [-0.39, 0.29) is 6.29 Å². The molecule has 2 fully saturated rings. The normalized spacial score (nSPS) is 25.9. The standard InChI is InChI=1S/C21H22O3/c1-22-19-13-15-21(24-19)14-12-18(23-21)20(16-8-4-2-5-9-16)17-10-6-3-7-11-17/h2-11,19H,12-15H2,1H3/t19-,21+/m0/s1. The lowest BCUT2D eigenvalue weighted by atomic mass is 9.95. The van der Waals surface area contributed by atoms with E-state index in [2.05, 4.69) is 48.5 Å². The average molecular weight is 322 g/mol. The quantitative estimate of drug-likeness (QED) is 0.817. The summed E-state index contributed by atoms with van der Waals surface area (Å²) in [6.07, 6.45) is 3.38. The zero-order chi connectivity index (χ0) is 16.4. The summed E-state index contributed by atoms with van der Waals surface area (Å²) in [6, 6.07) is 20.9. The molecule has 2 aromatic carbocycles. The van der Waals surface area contributed by atoms with Crippen LogP contribution in [0.1, 0.15) is 36.8 Å². The van der Waals surface area contributed by atoms with Gasteiger partial charge in [0.25, 0.3) is 0 Å². The highest BCUT2D eigenvalue weighted by molar-refractivity contribution is 5.81. The molecule has 2 aliphatic heterocycles. The maximum Gasteiger partial charge on any atom is 0.213 e. The summed E-state index contributed by atoms with van der Waals surface area (Å²) in [4.78, 5) is 0. The van der Waals surface area contributed by atoms with Crippen molar-refractivity contribution in [1.29, 1.82) is 0 Å². The summed E-state index contributed by atoms with van der Waals surface area (Å²) in [6.45, 7) is 0. The summed E-state index contributed by atoms with van der Waals surface area (Å²) < 4.78 is 17.8. The zero-order valence-electron chi connectivity index (χ0n) is 13.9. The van der Waals surface area contributed by atoms with Crippen molar-refractivity contribution in [2.45, 2.75) is 37.8 Å². The van der Waals surface area contributed by atoms with Crippen molar-refractivity contribution < 1.29 is 14.2 Å². The second kappa shape index (κ2) is 6.42. The number of ether oxygens (including phenoxy) is 3. The Balaban J connectivity index is 1.73. The van der Waals surface area contributed by atoms with Crippen molar-refractivity contribution in [2.75, 3.05) is 7.11 Å². The van der Waals surface area contributed by atoms with E-state index in [4.69, 9.17) is 14.2 Å². The number of hydrogen-bond donors (Lipinski definition) is 0. The molecule has 124 valence electrons. The molecule has 0 unspecified atom stereocenters. The minimum absolute atomic E-state index is 0.152. The predicted molar refractivity (Wildman–Crippen MR) is 93.1 cm³/mol. The fourth-order valence-corrected chi connectivity index (χ4v) is 3.63. The second-order valence-electron chi connectivity index (χ2n) is 6.36. The molecule has 0 aliphatic carbocycles. The first-order valence-corrected chi connectivity index (χ1v) is 8.53. The maximum atomic E-state index is 6.39. The van der Waals surface area contributed by atoms with Gasteiger partial charge in [-0.2, -0.15) is 0 Å². The van der Waals surface area contributed by atoms with Gasteiger partial charge in [0.15, 0.2) is 6.29 Å². The molecule has 0 aromatic heterocycles. The zero-order valence-corrected chi connectivity index (χ0v) is 13.9. The Labute approximate surface area is 142 Å². The summed E-state index contributed by atoms with van der Waals surface area (Å²) >= 11 is 0. The molecule has 0 radical (unpaired) electrons. The van der Waals surface area contributed by atoms with E-state index in [1.807, 2.05) is 12.1 Å². The maximum absolute atomic E-state index is 6.39. The molecule has 3 heteroatoms. The van der Waals surface area contributed by atoms with Gasteiger partial charge in [-0.05, 0) is 11.1 Å². The van der Waals surface area contributed by atoms with Crippen molar-refractivity contribution in [3.63, 3.8) is 0 Å². The Morgan fingerprint density at radius 2 is 1.58 bits per heavy atom. The molecule has 2 saturated heterocycles. The van der Waals surface area contributed by atoms with E-state index < -0.39 is 5.79 Å². The van der Waals surface area contributed by atoms with Crippen molar-refractivity contribution in [1.82, 2.24) is 0 Å². The van der Waals surface area contributed by atoms with E-state index in [0.717, 1.165) is 37.0 Å². The average Bonchev–Trinajstić information content (AvgIpc) is 3.24. The van der Waals surface area contributed by atoms with Gasteiger partial charge in [-0.1, -0.05) is 60.7 Å². The monoisotopic (exact) mass is 322 g/mol. The molecule has 2 heterocycles. The Morgan fingerprint density at radius 1 is 0.958 bits per heavy atom. The van der Waals surface area contributed by atoms with Crippen LogP contribution in [0.25, 0.3) is 5.57 Å². The van der Waals surface area contributed by atoms with E-state index in [1.54, 1.807) is 7.11 Å². The number of methoxy groups -OCH3 is 1. The number of hydrogen-bond acceptors (Lipinski definition) is 3. The molecule has 0 N–H and O–H groups in total. The Morgan fingerprint density at radius 3 is 2.12 bits per heavy atom. The van der Waals surface area contributed by atoms with Crippen LogP contribution in [0.3, 0.4) is 0 Å². The Kier molecular flexibility index (Phi) is 4.13. The van der Waals surface area contributed by atoms with Crippen LogP contribution in [0.4, 0.5) is 0 Å². The molecule has 0 bridgehead atoms. The lowest BCUT2D eigenvalue weighted by molar-refractivity contribution is -0.236. The first-order chi connectivity index (χ1) is 11.8. The molecule has 4 rings (SSSR count). The summed E-state index contributed by atoms with van der Waals surface area (Å²) in [5.74, 6) is 0.509. The fourth-order valence-electron chi connectivity index (χ4n) is 3.63. The highest BCUT2D eigenvalue weighted by Gasteiger charge is 2.47. The van der Waals surface area contributed by atoms with Gasteiger partial charge in [-0.3, -0.25) is 0 Å². The van der Waals surface area contributed by atoms with Crippen LogP contribution in [0.5, 0.6) is 0 Å². The molecular formula is C21H22O3. The molecule has 3 nitrogen and oxygen atoms in total. The number of benzene rings is 2. The van der Waals surface area contributed by atoms with Gasteiger partial charge in [0.2, 0.25) is 5.79 Å². The summed E-state index contributed by atoms with van der Waals surface area (Å²) in [7, 11) is 1.69. The van der Waals surface area contributed by atoms with Gasteiger partial charge in [-0.25, -0.2) is 0 Å². The molecule has 2 aliphatic rings. The van der Waals surface area contributed by atoms with Crippen LogP contribution in [-0.4, -0.2) is 19.2 Å². The van der Waals surface area contributed by atoms with Gasteiger partial charge >= 0.3 is 0 Å². The number of allylic oxidation sites excluding steroid dienone is 1. The van der Waals surface area contributed by atoms with E-state index >= 15 is 0 Å². The first-order valence-electron chi connectivity index (χ1n) is 8.53. The number of rotatable bonds is 3. The largest absolute Gasteiger partial charge is 0.466 e. The van der Waals surface area contributed by atoms with Crippen LogP contribution < -0.4 is 0 Å². The van der Waals surface area contributed by atoms with Crippen LogP contribution in [-0.2, 0) is 14.2 Å². The van der Waals surface area contributed by atoms with E-state index in [0.29, 0.717) is 0 Å². The lowest BCUT2D eigenvalue weighted by Crippen LogP contribution is -2.27. The van der Waals surface area contributed by atoms with Crippen LogP contribution >= 0.6 is 0 Å². The van der Waals surface area contributed by atoms with Crippen molar-refractivity contribution in [2.24, 2.45) is 0 Å². The minimum Gasteiger partial charge on any atom is -0.466 e. The highest BCUT2D eigenvalue weighted by atomic mass is 16.8. The van der Waals surface area contributed by atoms with Gasteiger partial charge < -0.3 is 14.2 Å². The fraction of sp³-hybridized carbons (Fsp3) is 0.333. The van der Waals surface area contributed by atoms with Crippen molar-refractivity contribution in [3.05, 3.63) is 77.5 Å². The smallest absolute Gasteiger partial charge is 0.213 e. The van der Waals surface area contributed by atoms with Crippen LogP contribution in [0.15, 0.2) is 66.4 Å². The molecule has 0 amide bonds. The highest BCUT2D eigenvalue weighted by Crippen LogP contribution is 2.46. The molecule has 0 saturated carbocycles. The minimum atomic E-state index is -0.509. The molecule has 1 spiro atoms. The van der Waals surface area contributed by atoms with Crippen molar-refractivity contribution in [3.8, 4) is 0 Å². The van der Waals surface area contributed by atoms with Gasteiger partial charge in [0, 0.05) is 38.4 Å². The summed E-state index contributed by atoms with van der Waals surface area (Å²) in [5, 5.41) is 0. The third kappa shape index (κ3) is 2.85. The van der Waals surface area contributed by atoms with Gasteiger partial charge in [0.1, 0.15) is 5.76 Å². The second-order valence-corrected chi connectivity index (χ2v) is 6.36. The predicted octanol–water partition coefficient (Wildman–Crippen LogP) is 4.74. The Hall–Kier alpha value is -2.10. The van der Waals surface area contributed by atoms with E-state index in [9.17, 15) is 0 Å². The molecule has 2 aromatic rings. The Bertz CT molecular complexity index is 682. The molecule has 24 heavy (non-hydrogen) atoms. The van der Waals surface area contributed by atoms with Gasteiger partial charge in [-0.15, -0.1) is 0 Å². The first kappa shape index (κ1) is 15.4. The third-order valence-corrected chi connectivity index (χ3v) is 4.82. The van der Waals surface area contributed by atoms with Crippen LogP contribution in [0.2, 0.25) is 0 Å². The van der Waals surface area contributed by atoms with Crippen molar-refractivity contribution >= 4 is 5.57 Å². The van der Waals surface area contributed by atoms with Gasteiger partial charge in [0.05, 0.1) is 0 Å².